The van der Waals surface area contributed by atoms with Gasteiger partial charge in [-0.25, -0.2) is 4.79 Å². The molecule has 0 saturated heterocycles. The van der Waals surface area contributed by atoms with Crippen LogP contribution in [0.25, 0.3) is 11.0 Å². The van der Waals surface area contributed by atoms with Crippen molar-refractivity contribution in [1.29, 1.82) is 0 Å². The first-order valence-corrected chi connectivity index (χ1v) is 5.83. The number of aliphatic carboxylic acids is 1. The van der Waals surface area contributed by atoms with Gasteiger partial charge in [0.15, 0.2) is 0 Å². The van der Waals surface area contributed by atoms with Gasteiger partial charge in [0.25, 0.3) is 0 Å². The average molecular weight is 248 g/mol. The summed E-state index contributed by atoms with van der Waals surface area (Å²) in [6.45, 7) is 3.43. The maximum Gasteiger partial charge on any atom is 0.323 e. The van der Waals surface area contributed by atoms with Crippen molar-refractivity contribution in [2.45, 2.75) is 26.7 Å². The number of aromatic amines is 2. The van der Waals surface area contributed by atoms with E-state index in [0.717, 1.165) is 16.6 Å². The zero-order valence-electron chi connectivity index (χ0n) is 10.4. The Morgan fingerprint density at radius 2 is 1.94 bits per heavy atom. The van der Waals surface area contributed by atoms with Crippen molar-refractivity contribution >= 4 is 17.0 Å². The predicted molar refractivity (Wildman–Crippen MR) is 68.7 cm³/mol. The maximum atomic E-state index is 11.1. The van der Waals surface area contributed by atoms with Gasteiger partial charge in [-0.2, -0.15) is 0 Å². The summed E-state index contributed by atoms with van der Waals surface area (Å²) >= 11 is 0. The molecule has 1 aromatic heterocycles. The van der Waals surface area contributed by atoms with Crippen LogP contribution in [0.4, 0.5) is 0 Å². The van der Waals surface area contributed by atoms with Crippen molar-refractivity contribution in [3.05, 3.63) is 34.2 Å². The first kappa shape index (κ1) is 12.4. The Morgan fingerprint density at radius 1 is 1.28 bits per heavy atom. The molecule has 0 unspecified atom stereocenters. The highest BCUT2D eigenvalue weighted by Gasteiger charge is 2.26. The standard InChI is InChI=1S/C13H16N2O3/c1-13(2,11(16)17)6-5-8-3-4-9-10(7-8)15-12(18)14-9/h3-4,7H,5-6H2,1-2H3,(H,16,17)(H2,14,15,18). The molecule has 0 atom stereocenters. The van der Waals surface area contributed by atoms with E-state index in [4.69, 9.17) is 5.11 Å². The van der Waals surface area contributed by atoms with Crippen LogP contribution in [0.3, 0.4) is 0 Å². The number of H-pyrrole nitrogens is 2. The molecule has 0 fully saturated rings. The van der Waals surface area contributed by atoms with E-state index in [1.165, 1.54) is 0 Å². The van der Waals surface area contributed by atoms with Crippen LogP contribution in [-0.4, -0.2) is 21.0 Å². The Kier molecular flexibility index (Phi) is 2.98. The molecule has 2 rings (SSSR count). The summed E-state index contributed by atoms with van der Waals surface area (Å²) in [5, 5.41) is 9.04. The van der Waals surface area contributed by atoms with Crippen molar-refractivity contribution in [2.24, 2.45) is 5.41 Å². The molecular weight excluding hydrogens is 232 g/mol. The molecule has 96 valence electrons. The number of rotatable bonds is 4. The van der Waals surface area contributed by atoms with E-state index in [0.29, 0.717) is 12.8 Å². The van der Waals surface area contributed by atoms with Crippen LogP contribution in [0, 0.1) is 5.41 Å². The van der Waals surface area contributed by atoms with Gasteiger partial charge in [-0.3, -0.25) is 4.79 Å². The summed E-state index contributed by atoms with van der Waals surface area (Å²) in [7, 11) is 0. The monoisotopic (exact) mass is 248 g/mol. The molecular formula is C13H16N2O3. The van der Waals surface area contributed by atoms with E-state index in [-0.39, 0.29) is 5.69 Å². The van der Waals surface area contributed by atoms with Crippen molar-refractivity contribution in [1.82, 2.24) is 9.97 Å². The highest BCUT2D eigenvalue weighted by molar-refractivity contribution is 5.75. The second-order valence-electron chi connectivity index (χ2n) is 5.15. The van der Waals surface area contributed by atoms with Crippen LogP contribution >= 0.6 is 0 Å². The molecule has 0 bridgehead atoms. The SMILES string of the molecule is CC(C)(CCc1ccc2[nH]c(=O)[nH]c2c1)C(=O)O. The molecule has 0 aliphatic rings. The molecule has 0 amide bonds. The smallest absolute Gasteiger partial charge is 0.323 e. The molecule has 0 saturated carbocycles. The third-order valence-corrected chi connectivity index (χ3v) is 3.20. The summed E-state index contributed by atoms with van der Waals surface area (Å²) in [5.74, 6) is -0.793. The minimum Gasteiger partial charge on any atom is -0.481 e. The van der Waals surface area contributed by atoms with Gasteiger partial charge in [0.2, 0.25) is 0 Å². The number of aryl methyl sites for hydroxylation is 1. The zero-order valence-corrected chi connectivity index (χ0v) is 10.4. The molecule has 2 aromatic rings. The Balaban J connectivity index is 2.17. The van der Waals surface area contributed by atoms with Crippen molar-refractivity contribution in [2.75, 3.05) is 0 Å². The van der Waals surface area contributed by atoms with Gasteiger partial charge in [-0.1, -0.05) is 6.07 Å². The molecule has 0 spiro atoms. The molecule has 3 N–H and O–H groups in total. The molecule has 1 aromatic carbocycles. The van der Waals surface area contributed by atoms with Gasteiger partial charge in [0.05, 0.1) is 16.4 Å². The number of carboxylic acids is 1. The fourth-order valence-electron chi connectivity index (χ4n) is 1.80. The summed E-state index contributed by atoms with van der Waals surface area (Å²) in [6, 6.07) is 5.62. The molecule has 0 aliphatic heterocycles. The molecule has 1 heterocycles. The number of benzene rings is 1. The minimum absolute atomic E-state index is 0.229. The second kappa shape index (κ2) is 4.33. The largest absolute Gasteiger partial charge is 0.481 e. The zero-order chi connectivity index (χ0) is 13.3. The lowest BCUT2D eigenvalue weighted by Crippen LogP contribution is -2.24. The van der Waals surface area contributed by atoms with E-state index in [1.54, 1.807) is 13.8 Å². The number of hydrogen-bond acceptors (Lipinski definition) is 2. The summed E-state index contributed by atoms with van der Waals surface area (Å²) in [6.07, 6.45) is 1.23. The van der Waals surface area contributed by atoms with E-state index in [1.807, 2.05) is 18.2 Å². The highest BCUT2D eigenvalue weighted by atomic mass is 16.4. The van der Waals surface area contributed by atoms with Gasteiger partial charge in [-0.15, -0.1) is 0 Å². The third kappa shape index (κ3) is 2.45. The molecule has 0 aliphatic carbocycles. The molecule has 0 radical (unpaired) electrons. The topological polar surface area (TPSA) is 86.0 Å². The normalized spacial score (nSPS) is 11.9. The van der Waals surface area contributed by atoms with Gasteiger partial charge in [0.1, 0.15) is 0 Å². The quantitative estimate of drug-likeness (QED) is 0.772. The predicted octanol–water partition coefficient (Wildman–Crippen LogP) is 1.90. The van der Waals surface area contributed by atoms with Crippen LogP contribution in [0.2, 0.25) is 0 Å². The van der Waals surface area contributed by atoms with E-state index >= 15 is 0 Å². The van der Waals surface area contributed by atoms with Gasteiger partial charge in [0, 0.05) is 0 Å². The number of fused-ring (bicyclic) bond motifs is 1. The van der Waals surface area contributed by atoms with Gasteiger partial charge in [-0.05, 0) is 44.4 Å². The fourth-order valence-corrected chi connectivity index (χ4v) is 1.80. The lowest BCUT2D eigenvalue weighted by molar-refractivity contribution is -0.147. The number of carboxylic acid groups (broad SMARTS) is 1. The van der Waals surface area contributed by atoms with Crippen LogP contribution in [0.15, 0.2) is 23.0 Å². The Labute approximate surface area is 104 Å². The van der Waals surface area contributed by atoms with E-state index in [9.17, 15) is 9.59 Å². The van der Waals surface area contributed by atoms with Crippen molar-refractivity contribution in [3.8, 4) is 0 Å². The number of carbonyl (C=O) groups is 1. The van der Waals surface area contributed by atoms with Crippen LogP contribution in [0.5, 0.6) is 0 Å². The molecule has 5 nitrogen and oxygen atoms in total. The minimum atomic E-state index is -0.793. The summed E-state index contributed by atoms with van der Waals surface area (Å²) < 4.78 is 0. The fraction of sp³-hybridized carbons (Fsp3) is 0.385. The first-order valence-electron chi connectivity index (χ1n) is 5.83. The number of nitrogens with one attached hydrogen (secondary N) is 2. The van der Waals surface area contributed by atoms with Crippen LogP contribution in [0.1, 0.15) is 25.8 Å². The van der Waals surface area contributed by atoms with Crippen LogP contribution < -0.4 is 5.69 Å². The average Bonchev–Trinajstić information content (AvgIpc) is 2.65. The summed E-state index contributed by atoms with van der Waals surface area (Å²) in [4.78, 5) is 27.5. The Morgan fingerprint density at radius 3 is 2.61 bits per heavy atom. The van der Waals surface area contributed by atoms with Gasteiger partial charge >= 0.3 is 11.7 Å². The van der Waals surface area contributed by atoms with E-state index in [2.05, 4.69) is 9.97 Å². The summed E-state index contributed by atoms with van der Waals surface area (Å²) in [5.41, 5.74) is 1.58. The van der Waals surface area contributed by atoms with Crippen molar-refractivity contribution < 1.29 is 9.90 Å². The van der Waals surface area contributed by atoms with Crippen molar-refractivity contribution in [3.63, 3.8) is 0 Å². The number of aromatic nitrogens is 2. The molecule has 5 heteroatoms. The molecule has 18 heavy (non-hydrogen) atoms. The number of imidazole rings is 1. The highest BCUT2D eigenvalue weighted by Crippen LogP contribution is 2.23. The van der Waals surface area contributed by atoms with Crippen LogP contribution in [-0.2, 0) is 11.2 Å². The van der Waals surface area contributed by atoms with E-state index < -0.39 is 11.4 Å². The third-order valence-electron chi connectivity index (χ3n) is 3.20. The lowest BCUT2D eigenvalue weighted by atomic mass is 9.86. The lowest BCUT2D eigenvalue weighted by Gasteiger charge is -2.18. The number of hydrogen-bond donors (Lipinski definition) is 3. The van der Waals surface area contributed by atoms with Gasteiger partial charge < -0.3 is 15.1 Å². The maximum absolute atomic E-state index is 11.1. The second-order valence-corrected chi connectivity index (χ2v) is 5.15. The first-order chi connectivity index (χ1) is 8.38. The Hall–Kier alpha value is -2.04. The Bertz CT molecular complexity index is 637.